The SMILES string of the molecule is Cc1cc(CN2CCC(CO)CC2)ccc1C(=O)Cn1ncc(OCc2ccccc2)cc1=O. The Labute approximate surface area is 199 Å². The highest BCUT2D eigenvalue weighted by molar-refractivity contribution is 5.97. The van der Waals surface area contributed by atoms with Gasteiger partial charge in [-0.2, -0.15) is 5.10 Å². The number of hydrogen-bond donors (Lipinski definition) is 1. The summed E-state index contributed by atoms with van der Waals surface area (Å²) >= 11 is 0. The number of benzene rings is 2. The number of aromatic nitrogens is 2. The standard InChI is InChI=1S/C27H31N3O4/c1-20-13-23(16-29-11-9-21(18-31)10-12-29)7-8-25(20)26(32)17-30-27(33)14-24(15-28-30)34-19-22-5-3-2-4-6-22/h2-8,13-15,21,31H,9-12,16-19H2,1H3. The van der Waals surface area contributed by atoms with Gasteiger partial charge < -0.3 is 9.84 Å². The van der Waals surface area contributed by atoms with E-state index in [1.54, 1.807) is 0 Å². The van der Waals surface area contributed by atoms with Gasteiger partial charge in [-0.15, -0.1) is 0 Å². The molecule has 1 aliphatic rings. The molecule has 1 saturated heterocycles. The van der Waals surface area contributed by atoms with Crippen molar-refractivity contribution in [3.63, 3.8) is 0 Å². The molecule has 0 atom stereocenters. The number of nitrogens with zero attached hydrogens (tertiary/aromatic N) is 3. The molecule has 1 fully saturated rings. The molecule has 0 spiro atoms. The van der Waals surface area contributed by atoms with Crippen LogP contribution in [0, 0.1) is 12.8 Å². The third-order valence-electron chi connectivity index (χ3n) is 6.35. The van der Waals surface area contributed by atoms with Gasteiger partial charge in [0.05, 0.1) is 6.20 Å². The first-order chi connectivity index (χ1) is 16.5. The quantitative estimate of drug-likeness (QED) is 0.493. The molecule has 4 rings (SSSR count). The van der Waals surface area contributed by atoms with Gasteiger partial charge in [-0.1, -0.05) is 48.5 Å². The molecule has 178 valence electrons. The highest BCUT2D eigenvalue weighted by Gasteiger charge is 2.19. The van der Waals surface area contributed by atoms with Gasteiger partial charge in [-0.25, -0.2) is 4.68 Å². The first-order valence-corrected chi connectivity index (χ1v) is 11.7. The zero-order valence-electron chi connectivity index (χ0n) is 19.5. The average Bonchev–Trinajstić information content (AvgIpc) is 2.85. The van der Waals surface area contributed by atoms with E-state index in [1.807, 2.05) is 55.5 Å². The van der Waals surface area contributed by atoms with Crippen molar-refractivity contribution >= 4 is 5.78 Å². The summed E-state index contributed by atoms with van der Waals surface area (Å²) < 4.78 is 6.81. The highest BCUT2D eigenvalue weighted by Crippen LogP contribution is 2.20. The summed E-state index contributed by atoms with van der Waals surface area (Å²) in [4.78, 5) is 27.7. The molecule has 0 saturated carbocycles. The molecule has 0 radical (unpaired) electrons. The Hall–Kier alpha value is -3.29. The largest absolute Gasteiger partial charge is 0.487 e. The second-order valence-corrected chi connectivity index (χ2v) is 8.94. The summed E-state index contributed by atoms with van der Waals surface area (Å²) in [6, 6.07) is 16.9. The molecule has 0 aliphatic carbocycles. The van der Waals surface area contributed by atoms with Crippen LogP contribution in [0.2, 0.25) is 0 Å². The first-order valence-electron chi connectivity index (χ1n) is 11.7. The van der Waals surface area contributed by atoms with E-state index in [4.69, 9.17) is 4.74 Å². The topological polar surface area (TPSA) is 84.7 Å². The maximum atomic E-state index is 12.9. The van der Waals surface area contributed by atoms with Crippen LogP contribution in [-0.2, 0) is 19.7 Å². The Morgan fingerprint density at radius 3 is 2.53 bits per heavy atom. The van der Waals surface area contributed by atoms with Crippen molar-refractivity contribution in [3.8, 4) is 5.75 Å². The summed E-state index contributed by atoms with van der Waals surface area (Å²) in [6.07, 6.45) is 3.50. The zero-order chi connectivity index (χ0) is 23.9. The Morgan fingerprint density at radius 2 is 1.85 bits per heavy atom. The zero-order valence-corrected chi connectivity index (χ0v) is 19.5. The number of carbonyl (C=O) groups is 1. The number of ether oxygens (including phenoxy) is 1. The third-order valence-corrected chi connectivity index (χ3v) is 6.35. The fraction of sp³-hybridized carbons (Fsp3) is 0.370. The lowest BCUT2D eigenvalue weighted by molar-refractivity contribution is 0.0964. The number of aliphatic hydroxyl groups excluding tert-OH is 1. The molecular weight excluding hydrogens is 430 g/mol. The van der Waals surface area contributed by atoms with Gasteiger partial charge in [0.2, 0.25) is 0 Å². The number of likely N-dealkylation sites (tertiary alicyclic amines) is 1. The van der Waals surface area contributed by atoms with Crippen LogP contribution in [-0.4, -0.2) is 45.3 Å². The Morgan fingerprint density at radius 1 is 1.09 bits per heavy atom. The van der Waals surface area contributed by atoms with E-state index < -0.39 is 0 Å². The van der Waals surface area contributed by atoms with Crippen LogP contribution >= 0.6 is 0 Å². The number of aliphatic hydroxyl groups is 1. The van der Waals surface area contributed by atoms with Crippen molar-refractivity contribution in [1.29, 1.82) is 0 Å². The number of aryl methyl sites for hydroxylation is 1. The molecule has 7 nitrogen and oxygen atoms in total. The third kappa shape index (κ3) is 6.18. The van der Waals surface area contributed by atoms with Crippen molar-refractivity contribution in [2.24, 2.45) is 5.92 Å². The Kier molecular flexibility index (Phi) is 7.87. The number of Topliss-reactive ketones (excluding diaryl/α,β-unsaturated/α-hetero) is 1. The minimum atomic E-state index is -0.375. The van der Waals surface area contributed by atoms with E-state index in [1.165, 1.54) is 12.3 Å². The van der Waals surface area contributed by atoms with Gasteiger partial charge in [0.15, 0.2) is 5.78 Å². The minimum absolute atomic E-state index is 0.118. The summed E-state index contributed by atoms with van der Waals surface area (Å²) in [6.45, 7) is 5.20. The van der Waals surface area contributed by atoms with Crippen LogP contribution in [0.1, 0.15) is 39.9 Å². The molecule has 1 aliphatic heterocycles. The maximum absolute atomic E-state index is 12.9. The highest BCUT2D eigenvalue weighted by atomic mass is 16.5. The summed E-state index contributed by atoms with van der Waals surface area (Å²) in [5.74, 6) is 0.640. The van der Waals surface area contributed by atoms with Crippen LogP contribution in [0.3, 0.4) is 0 Å². The summed E-state index contributed by atoms with van der Waals surface area (Å²) in [7, 11) is 0. The number of carbonyl (C=O) groups excluding carboxylic acids is 1. The normalized spacial score (nSPS) is 14.8. The van der Waals surface area contributed by atoms with Gasteiger partial charge in [0, 0.05) is 24.8 Å². The van der Waals surface area contributed by atoms with Gasteiger partial charge in [0.25, 0.3) is 5.56 Å². The van der Waals surface area contributed by atoms with E-state index in [0.717, 1.165) is 53.8 Å². The van der Waals surface area contributed by atoms with Crippen LogP contribution in [0.25, 0.3) is 0 Å². The summed E-state index contributed by atoms with van der Waals surface area (Å²) in [5.41, 5.74) is 3.27. The molecule has 34 heavy (non-hydrogen) atoms. The van der Waals surface area contributed by atoms with Gasteiger partial charge in [-0.3, -0.25) is 14.5 Å². The fourth-order valence-electron chi connectivity index (χ4n) is 4.30. The predicted molar refractivity (Wildman–Crippen MR) is 130 cm³/mol. The first kappa shape index (κ1) is 23.9. The number of ketones is 1. The number of piperidine rings is 1. The molecule has 1 N–H and O–H groups in total. The molecule has 3 aromatic rings. The lowest BCUT2D eigenvalue weighted by atomic mass is 9.97. The van der Waals surface area contributed by atoms with Gasteiger partial charge in [0.1, 0.15) is 18.9 Å². The van der Waals surface area contributed by atoms with Crippen molar-refractivity contribution < 1.29 is 14.6 Å². The molecule has 2 heterocycles. The van der Waals surface area contributed by atoms with E-state index in [9.17, 15) is 14.7 Å². The molecule has 7 heteroatoms. The van der Waals surface area contributed by atoms with Crippen LogP contribution in [0.5, 0.6) is 5.75 Å². The van der Waals surface area contributed by atoms with Gasteiger partial charge >= 0.3 is 0 Å². The van der Waals surface area contributed by atoms with Crippen LogP contribution in [0.15, 0.2) is 65.6 Å². The lowest BCUT2D eigenvalue weighted by Gasteiger charge is -2.31. The molecular formula is C27H31N3O4. The van der Waals surface area contributed by atoms with Crippen molar-refractivity contribution in [3.05, 3.63) is 93.4 Å². The lowest BCUT2D eigenvalue weighted by Crippen LogP contribution is -2.34. The van der Waals surface area contributed by atoms with E-state index >= 15 is 0 Å². The smallest absolute Gasteiger partial charge is 0.270 e. The second-order valence-electron chi connectivity index (χ2n) is 8.94. The molecule has 0 unspecified atom stereocenters. The number of rotatable bonds is 9. The maximum Gasteiger partial charge on any atom is 0.270 e. The van der Waals surface area contributed by atoms with E-state index in [2.05, 4.69) is 10.00 Å². The van der Waals surface area contributed by atoms with Crippen molar-refractivity contribution in [1.82, 2.24) is 14.7 Å². The minimum Gasteiger partial charge on any atom is -0.487 e. The van der Waals surface area contributed by atoms with E-state index in [-0.39, 0.29) is 24.5 Å². The monoisotopic (exact) mass is 461 g/mol. The van der Waals surface area contributed by atoms with Crippen LogP contribution in [0.4, 0.5) is 0 Å². The Bertz CT molecular complexity index is 1170. The van der Waals surface area contributed by atoms with Crippen LogP contribution < -0.4 is 10.3 Å². The molecule has 2 aromatic carbocycles. The Balaban J connectivity index is 1.35. The second kappa shape index (κ2) is 11.2. The summed E-state index contributed by atoms with van der Waals surface area (Å²) in [5, 5.41) is 13.4. The van der Waals surface area contributed by atoms with Crippen molar-refractivity contribution in [2.45, 2.75) is 39.5 Å². The average molecular weight is 462 g/mol. The predicted octanol–water partition coefficient (Wildman–Crippen LogP) is 3.22. The molecule has 0 amide bonds. The molecule has 1 aromatic heterocycles. The van der Waals surface area contributed by atoms with Crippen molar-refractivity contribution in [2.75, 3.05) is 19.7 Å². The van der Waals surface area contributed by atoms with E-state index in [0.29, 0.717) is 23.8 Å². The fourth-order valence-corrected chi connectivity index (χ4v) is 4.30. The van der Waals surface area contributed by atoms with Gasteiger partial charge in [-0.05, 0) is 55.5 Å². The molecule has 0 bridgehead atoms. The number of hydrogen-bond acceptors (Lipinski definition) is 6.